The minimum atomic E-state index is -0.249. The summed E-state index contributed by atoms with van der Waals surface area (Å²) in [4.78, 5) is 20.9. The van der Waals surface area contributed by atoms with E-state index in [1.807, 2.05) is 72.1 Å². The Labute approximate surface area is 189 Å². The maximum atomic E-state index is 12.2. The minimum Gasteiger partial charge on any atom is -0.489 e. The molecule has 1 N–H and O–H groups in total. The molecule has 1 amide bonds. The van der Waals surface area contributed by atoms with Gasteiger partial charge in [0.05, 0.1) is 5.69 Å². The quantitative estimate of drug-likeness (QED) is 0.348. The number of carbonyl (C=O) groups excluding carboxylic acids is 1. The van der Waals surface area contributed by atoms with Crippen LogP contribution in [0.25, 0.3) is 17.5 Å². The molecule has 154 valence electrons. The Bertz CT molecular complexity index is 1190. The first kappa shape index (κ1) is 20.8. The van der Waals surface area contributed by atoms with E-state index in [0.717, 1.165) is 28.3 Å². The van der Waals surface area contributed by atoms with E-state index in [-0.39, 0.29) is 5.91 Å². The molecular formula is C24H18ClN3O2S. The lowest BCUT2D eigenvalue weighted by Gasteiger charge is -2.07. The van der Waals surface area contributed by atoms with Gasteiger partial charge in [0.2, 0.25) is 5.91 Å². The number of amides is 1. The smallest absolute Gasteiger partial charge is 0.250 e. The van der Waals surface area contributed by atoms with Gasteiger partial charge in [0.25, 0.3) is 0 Å². The van der Waals surface area contributed by atoms with E-state index in [0.29, 0.717) is 16.8 Å². The molecule has 0 fully saturated rings. The van der Waals surface area contributed by atoms with Crippen LogP contribution in [0.2, 0.25) is 5.02 Å². The third-order valence-electron chi connectivity index (χ3n) is 4.32. The fraction of sp³-hybridized carbons (Fsp3) is 0.0417. The van der Waals surface area contributed by atoms with Crippen molar-refractivity contribution in [1.82, 2.24) is 9.97 Å². The molecule has 2 heterocycles. The summed E-state index contributed by atoms with van der Waals surface area (Å²) in [6.07, 6.45) is 4.92. The topological polar surface area (TPSA) is 64.1 Å². The van der Waals surface area contributed by atoms with E-state index < -0.39 is 0 Å². The van der Waals surface area contributed by atoms with Crippen LogP contribution < -0.4 is 10.1 Å². The third kappa shape index (κ3) is 5.78. The molecular weight excluding hydrogens is 430 g/mol. The number of halogens is 1. The number of carbonyl (C=O) groups is 1. The molecule has 31 heavy (non-hydrogen) atoms. The summed E-state index contributed by atoms with van der Waals surface area (Å²) >= 11 is 7.50. The molecule has 0 spiro atoms. The van der Waals surface area contributed by atoms with Crippen LogP contribution in [0.1, 0.15) is 11.1 Å². The second-order valence-electron chi connectivity index (χ2n) is 6.52. The van der Waals surface area contributed by atoms with Gasteiger partial charge < -0.3 is 4.74 Å². The largest absolute Gasteiger partial charge is 0.489 e. The van der Waals surface area contributed by atoms with E-state index in [1.54, 1.807) is 12.3 Å². The summed E-state index contributed by atoms with van der Waals surface area (Å²) in [6.45, 7) is 0.394. The molecule has 4 aromatic rings. The normalized spacial score (nSPS) is 10.9. The number of thiazole rings is 1. The van der Waals surface area contributed by atoms with Crippen molar-refractivity contribution in [3.63, 3.8) is 0 Å². The highest BCUT2D eigenvalue weighted by molar-refractivity contribution is 7.14. The molecule has 0 aliphatic carbocycles. The number of hydrogen-bond donors (Lipinski definition) is 1. The van der Waals surface area contributed by atoms with Crippen LogP contribution in [0.4, 0.5) is 5.13 Å². The maximum absolute atomic E-state index is 12.2. The first-order valence-electron chi connectivity index (χ1n) is 9.50. The van der Waals surface area contributed by atoms with Crippen molar-refractivity contribution < 1.29 is 9.53 Å². The SMILES string of the molecule is O=C(/C=C/c1ccc(OCc2ccccc2Cl)cc1)Nc1nc(-c2ccccn2)cs1. The Morgan fingerprint density at radius 1 is 1.03 bits per heavy atom. The first-order valence-corrected chi connectivity index (χ1v) is 10.8. The van der Waals surface area contributed by atoms with Crippen molar-refractivity contribution in [2.24, 2.45) is 0 Å². The summed E-state index contributed by atoms with van der Waals surface area (Å²) in [6, 6.07) is 20.7. The highest BCUT2D eigenvalue weighted by Gasteiger charge is 2.07. The zero-order chi connectivity index (χ0) is 21.5. The van der Waals surface area contributed by atoms with Crippen molar-refractivity contribution in [3.8, 4) is 17.1 Å². The summed E-state index contributed by atoms with van der Waals surface area (Å²) in [7, 11) is 0. The van der Waals surface area contributed by atoms with Crippen molar-refractivity contribution in [2.45, 2.75) is 6.61 Å². The van der Waals surface area contributed by atoms with Gasteiger partial charge in [-0.15, -0.1) is 11.3 Å². The van der Waals surface area contributed by atoms with Gasteiger partial charge in [0, 0.05) is 28.2 Å². The number of anilines is 1. The molecule has 0 aliphatic heterocycles. The number of ether oxygens (including phenoxy) is 1. The lowest BCUT2D eigenvalue weighted by atomic mass is 10.2. The predicted molar refractivity (Wildman–Crippen MR) is 125 cm³/mol. The van der Waals surface area contributed by atoms with Gasteiger partial charge >= 0.3 is 0 Å². The summed E-state index contributed by atoms with van der Waals surface area (Å²) in [5, 5.41) is 5.85. The zero-order valence-corrected chi connectivity index (χ0v) is 17.9. The van der Waals surface area contributed by atoms with Crippen molar-refractivity contribution in [3.05, 3.63) is 101 Å². The second kappa shape index (κ2) is 10.0. The molecule has 0 saturated carbocycles. The molecule has 0 radical (unpaired) electrons. The van der Waals surface area contributed by atoms with Crippen molar-refractivity contribution in [2.75, 3.05) is 5.32 Å². The van der Waals surface area contributed by atoms with Crippen LogP contribution in [0.3, 0.4) is 0 Å². The van der Waals surface area contributed by atoms with Gasteiger partial charge in [-0.05, 0) is 42.0 Å². The standard InChI is InChI=1S/C24H18ClN3O2S/c25-20-6-2-1-5-18(20)15-30-19-11-8-17(9-12-19)10-13-23(29)28-24-27-22(16-31-24)21-7-3-4-14-26-21/h1-14,16H,15H2,(H,27,28,29)/b13-10+. The molecule has 0 atom stereocenters. The fourth-order valence-corrected chi connectivity index (χ4v) is 3.63. The molecule has 0 saturated heterocycles. The molecule has 5 nitrogen and oxygen atoms in total. The molecule has 2 aromatic heterocycles. The summed E-state index contributed by atoms with van der Waals surface area (Å²) in [5.41, 5.74) is 3.32. The number of nitrogens with zero attached hydrogens (tertiary/aromatic N) is 2. The van der Waals surface area contributed by atoms with E-state index in [9.17, 15) is 4.79 Å². The Morgan fingerprint density at radius 3 is 2.61 bits per heavy atom. The lowest BCUT2D eigenvalue weighted by molar-refractivity contribution is -0.111. The molecule has 4 rings (SSSR count). The molecule has 0 bridgehead atoms. The van der Waals surface area contributed by atoms with Gasteiger partial charge in [0.1, 0.15) is 18.1 Å². The van der Waals surface area contributed by atoms with Crippen LogP contribution in [0.15, 0.2) is 84.4 Å². The van der Waals surface area contributed by atoms with Crippen LogP contribution in [-0.4, -0.2) is 15.9 Å². The molecule has 7 heteroatoms. The number of pyridine rings is 1. The van der Waals surface area contributed by atoms with E-state index in [4.69, 9.17) is 16.3 Å². The molecule has 0 unspecified atom stereocenters. The molecule has 0 aliphatic rings. The van der Waals surface area contributed by atoms with Crippen molar-refractivity contribution in [1.29, 1.82) is 0 Å². The molecule has 2 aromatic carbocycles. The van der Waals surface area contributed by atoms with Crippen LogP contribution in [0, 0.1) is 0 Å². The van der Waals surface area contributed by atoms with Gasteiger partial charge in [-0.25, -0.2) is 4.98 Å². The zero-order valence-electron chi connectivity index (χ0n) is 16.4. The number of hydrogen-bond acceptors (Lipinski definition) is 5. The Balaban J connectivity index is 1.31. The monoisotopic (exact) mass is 447 g/mol. The predicted octanol–water partition coefficient (Wildman–Crippen LogP) is 6.09. The van der Waals surface area contributed by atoms with Gasteiger partial charge in [-0.1, -0.05) is 48.0 Å². The fourth-order valence-electron chi connectivity index (χ4n) is 2.73. The highest BCUT2D eigenvalue weighted by Crippen LogP contribution is 2.23. The van der Waals surface area contributed by atoms with Crippen LogP contribution >= 0.6 is 22.9 Å². The number of benzene rings is 2. The lowest BCUT2D eigenvalue weighted by Crippen LogP contribution is -2.07. The van der Waals surface area contributed by atoms with Gasteiger partial charge in [-0.3, -0.25) is 15.1 Å². The van der Waals surface area contributed by atoms with Crippen LogP contribution in [-0.2, 0) is 11.4 Å². The number of aromatic nitrogens is 2. The Hall–Kier alpha value is -3.48. The highest BCUT2D eigenvalue weighted by atomic mass is 35.5. The maximum Gasteiger partial charge on any atom is 0.250 e. The number of rotatable bonds is 7. The summed E-state index contributed by atoms with van der Waals surface area (Å²) < 4.78 is 5.77. The van der Waals surface area contributed by atoms with Gasteiger partial charge in [-0.2, -0.15) is 0 Å². The minimum absolute atomic E-state index is 0.249. The van der Waals surface area contributed by atoms with Crippen LogP contribution in [0.5, 0.6) is 5.75 Å². The van der Waals surface area contributed by atoms with E-state index in [1.165, 1.54) is 17.4 Å². The van der Waals surface area contributed by atoms with E-state index >= 15 is 0 Å². The second-order valence-corrected chi connectivity index (χ2v) is 7.79. The average molecular weight is 448 g/mol. The third-order valence-corrected chi connectivity index (χ3v) is 5.45. The average Bonchev–Trinajstić information content (AvgIpc) is 3.27. The van der Waals surface area contributed by atoms with Gasteiger partial charge in [0.15, 0.2) is 5.13 Å². The Kier molecular flexibility index (Phi) is 6.72. The van der Waals surface area contributed by atoms with Crippen molar-refractivity contribution >= 4 is 40.1 Å². The Morgan fingerprint density at radius 2 is 1.84 bits per heavy atom. The first-order chi connectivity index (χ1) is 15.2. The van der Waals surface area contributed by atoms with E-state index in [2.05, 4.69) is 15.3 Å². The number of nitrogens with one attached hydrogen (secondary N) is 1. The summed E-state index contributed by atoms with van der Waals surface area (Å²) in [5.74, 6) is 0.479.